The average molecular weight is 312 g/mol. The minimum Gasteiger partial charge on any atom is -0.308 e. The molecule has 1 aliphatic carbocycles. The third-order valence-electron chi connectivity index (χ3n) is 4.68. The summed E-state index contributed by atoms with van der Waals surface area (Å²) in [5.41, 5.74) is 1.76. The van der Waals surface area contributed by atoms with Crippen LogP contribution in [0.5, 0.6) is 0 Å². The lowest BCUT2D eigenvalue weighted by atomic mass is 9.78. The lowest BCUT2D eigenvalue weighted by Crippen LogP contribution is -2.28. The fourth-order valence-electron chi connectivity index (χ4n) is 3.37. The SMILES string of the molecule is CC1CCCC(n2c(CCl)nc3cc(Cl)cnc32)C1C. The minimum atomic E-state index is 0.408. The van der Waals surface area contributed by atoms with Crippen molar-refractivity contribution in [1.82, 2.24) is 14.5 Å². The number of fused-ring (bicyclic) bond motifs is 1. The molecule has 0 spiro atoms. The predicted octanol–water partition coefficient (Wildman–Crippen LogP) is 4.82. The zero-order valence-electron chi connectivity index (χ0n) is 11.8. The van der Waals surface area contributed by atoms with Crippen molar-refractivity contribution in [3.8, 4) is 0 Å². The Bertz CT molecular complexity index is 623. The molecule has 5 heteroatoms. The number of halogens is 2. The first-order valence-electron chi connectivity index (χ1n) is 7.20. The van der Waals surface area contributed by atoms with E-state index in [-0.39, 0.29) is 0 Å². The van der Waals surface area contributed by atoms with Crippen molar-refractivity contribution >= 4 is 34.4 Å². The first-order valence-corrected chi connectivity index (χ1v) is 8.11. The van der Waals surface area contributed by atoms with E-state index in [1.165, 1.54) is 19.3 Å². The molecule has 2 aromatic rings. The Morgan fingerprint density at radius 3 is 2.90 bits per heavy atom. The summed E-state index contributed by atoms with van der Waals surface area (Å²) in [5, 5.41) is 0.619. The van der Waals surface area contributed by atoms with E-state index < -0.39 is 0 Å². The topological polar surface area (TPSA) is 30.7 Å². The molecule has 0 aliphatic heterocycles. The van der Waals surface area contributed by atoms with Gasteiger partial charge in [0, 0.05) is 12.2 Å². The van der Waals surface area contributed by atoms with Crippen molar-refractivity contribution in [1.29, 1.82) is 0 Å². The van der Waals surface area contributed by atoms with E-state index in [2.05, 4.69) is 28.4 Å². The zero-order valence-corrected chi connectivity index (χ0v) is 13.3. The van der Waals surface area contributed by atoms with Gasteiger partial charge in [0.2, 0.25) is 0 Å². The monoisotopic (exact) mass is 311 g/mol. The van der Waals surface area contributed by atoms with Crippen molar-refractivity contribution in [2.75, 3.05) is 0 Å². The Balaban J connectivity index is 2.13. The first-order chi connectivity index (χ1) is 9.61. The maximum absolute atomic E-state index is 6.10. The first kappa shape index (κ1) is 14.2. The summed E-state index contributed by atoms with van der Waals surface area (Å²) < 4.78 is 2.25. The molecule has 1 aliphatic rings. The predicted molar refractivity (Wildman–Crippen MR) is 83.3 cm³/mol. The molecule has 0 amide bonds. The van der Waals surface area contributed by atoms with E-state index in [1.54, 1.807) is 6.20 Å². The van der Waals surface area contributed by atoms with Crippen LogP contribution in [-0.4, -0.2) is 14.5 Å². The third-order valence-corrected chi connectivity index (χ3v) is 5.13. The molecular formula is C15H19Cl2N3. The van der Waals surface area contributed by atoms with Crippen molar-refractivity contribution in [2.24, 2.45) is 11.8 Å². The van der Waals surface area contributed by atoms with Crippen LogP contribution in [0.4, 0.5) is 0 Å². The molecule has 20 heavy (non-hydrogen) atoms. The average Bonchev–Trinajstić information content (AvgIpc) is 2.79. The maximum Gasteiger partial charge on any atom is 0.160 e. The lowest BCUT2D eigenvalue weighted by Gasteiger charge is -2.35. The van der Waals surface area contributed by atoms with Crippen LogP contribution in [0.3, 0.4) is 0 Å². The van der Waals surface area contributed by atoms with Crippen LogP contribution in [0.2, 0.25) is 5.02 Å². The number of nitrogens with zero attached hydrogens (tertiary/aromatic N) is 3. The standard InChI is InChI=1S/C15H19Cl2N3/c1-9-4-3-5-13(10(9)2)20-14(7-16)19-12-6-11(17)8-18-15(12)20/h6,8-10,13H,3-5,7H2,1-2H3. The second-order valence-corrected chi connectivity index (χ2v) is 6.57. The second kappa shape index (κ2) is 5.53. The van der Waals surface area contributed by atoms with Gasteiger partial charge in [0.25, 0.3) is 0 Å². The molecule has 1 fully saturated rings. The van der Waals surface area contributed by atoms with Gasteiger partial charge in [-0.15, -0.1) is 11.6 Å². The molecule has 3 atom stereocenters. The molecule has 0 saturated heterocycles. The van der Waals surface area contributed by atoms with Crippen LogP contribution in [0.15, 0.2) is 12.3 Å². The van der Waals surface area contributed by atoms with Crippen molar-refractivity contribution in [2.45, 2.75) is 45.0 Å². The molecule has 0 aromatic carbocycles. The van der Waals surface area contributed by atoms with E-state index in [1.807, 2.05) is 6.07 Å². The number of rotatable bonds is 2. The molecule has 3 nitrogen and oxygen atoms in total. The summed E-state index contributed by atoms with van der Waals surface area (Å²) in [5.74, 6) is 2.65. The van der Waals surface area contributed by atoms with Gasteiger partial charge in [-0.05, 0) is 24.3 Å². The molecular weight excluding hydrogens is 293 g/mol. The van der Waals surface area contributed by atoms with Crippen LogP contribution in [-0.2, 0) is 5.88 Å². The van der Waals surface area contributed by atoms with E-state index in [9.17, 15) is 0 Å². The molecule has 108 valence electrons. The van der Waals surface area contributed by atoms with Gasteiger partial charge < -0.3 is 4.57 Å². The number of hydrogen-bond donors (Lipinski definition) is 0. The Kier molecular flexibility index (Phi) is 3.91. The minimum absolute atomic E-state index is 0.408. The highest BCUT2D eigenvalue weighted by Gasteiger charge is 2.31. The van der Waals surface area contributed by atoms with Gasteiger partial charge in [0.15, 0.2) is 5.65 Å². The Morgan fingerprint density at radius 2 is 2.15 bits per heavy atom. The van der Waals surface area contributed by atoms with Gasteiger partial charge in [-0.1, -0.05) is 38.3 Å². The number of imidazole rings is 1. The lowest BCUT2D eigenvalue weighted by molar-refractivity contribution is 0.187. The van der Waals surface area contributed by atoms with Crippen LogP contribution in [0.25, 0.3) is 11.2 Å². The summed E-state index contributed by atoms with van der Waals surface area (Å²) in [6.07, 6.45) is 5.42. The highest BCUT2D eigenvalue weighted by atomic mass is 35.5. The smallest absolute Gasteiger partial charge is 0.160 e. The summed E-state index contributed by atoms with van der Waals surface area (Å²) in [7, 11) is 0. The van der Waals surface area contributed by atoms with Crippen LogP contribution in [0.1, 0.15) is 45.0 Å². The van der Waals surface area contributed by atoms with Gasteiger partial charge >= 0.3 is 0 Å². The highest BCUT2D eigenvalue weighted by Crippen LogP contribution is 2.40. The largest absolute Gasteiger partial charge is 0.308 e. The van der Waals surface area contributed by atoms with Gasteiger partial charge in [-0.2, -0.15) is 0 Å². The summed E-state index contributed by atoms with van der Waals surface area (Å²) in [4.78, 5) is 9.10. The normalized spacial score (nSPS) is 27.1. The van der Waals surface area contributed by atoms with Gasteiger partial charge in [-0.25, -0.2) is 9.97 Å². The molecule has 1 saturated carbocycles. The highest BCUT2D eigenvalue weighted by molar-refractivity contribution is 6.31. The fourth-order valence-corrected chi connectivity index (χ4v) is 3.71. The number of pyridine rings is 1. The molecule has 2 aromatic heterocycles. The van der Waals surface area contributed by atoms with E-state index in [4.69, 9.17) is 23.2 Å². The van der Waals surface area contributed by atoms with Crippen LogP contribution >= 0.6 is 23.2 Å². The van der Waals surface area contributed by atoms with E-state index >= 15 is 0 Å². The summed E-state index contributed by atoms with van der Waals surface area (Å²) in [6, 6.07) is 2.30. The Hall–Kier alpha value is -0.800. The van der Waals surface area contributed by atoms with Gasteiger partial charge in [0.1, 0.15) is 11.3 Å². The van der Waals surface area contributed by atoms with E-state index in [0.717, 1.165) is 22.9 Å². The van der Waals surface area contributed by atoms with Crippen molar-refractivity contribution < 1.29 is 0 Å². The molecule has 0 N–H and O–H groups in total. The molecule has 2 heterocycles. The zero-order chi connectivity index (χ0) is 14.3. The quantitative estimate of drug-likeness (QED) is 0.744. The number of alkyl halides is 1. The van der Waals surface area contributed by atoms with Gasteiger partial charge in [-0.3, -0.25) is 0 Å². The maximum atomic E-state index is 6.10. The summed E-state index contributed by atoms with van der Waals surface area (Å²) in [6.45, 7) is 4.66. The Labute approximate surface area is 129 Å². The molecule has 3 rings (SSSR count). The third kappa shape index (κ3) is 2.31. The molecule has 3 unspecified atom stereocenters. The van der Waals surface area contributed by atoms with Crippen molar-refractivity contribution in [3.05, 3.63) is 23.1 Å². The van der Waals surface area contributed by atoms with Crippen LogP contribution < -0.4 is 0 Å². The fraction of sp³-hybridized carbons (Fsp3) is 0.600. The second-order valence-electron chi connectivity index (χ2n) is 5.86. The van der Waals surface area contributed by atoms with Gasteiger partial charge in [0.05, 0.1) is 10.9 Å². The number of hydrogen-bond acceptors (Lipinski definition) is 2. The Morgan fingerprint density at radius 1 is 1.35 bits per heavy atom. The summed E-state index contributed by atoms with van der Waals surface area (Å²) >= 11 is 12.1. The van der Waals surface area contributed by atoms with Crippen molar-refractivity contribution in [3.63, 3.8) is 0 Å². The number of aromatic nitrogens is 3. The molecule has 0 bridgehead atoms. The van der Waals surface area contributed by atoms with E-state index in [0.29, 0.717) is 22.9 Å². The van der Waals surface area contributed by atoms with Crippen LogP contribution in [0, 0.1) is 11.8 Å². The molecule has 0 radical (unpaired) electrons.